The van der Waals surface area contributed by atoms with Crippen LogP contribution in [-0.4, -0.2) is 23.6 Å². The van der Waals surface area contributed by atoms with E-state index in [1.807, 2.05) is 24.3 Å². The van der Waals surface area contributed by atoms with Crippen molar-refractivity contribution in [3.8, 4) is 0 Å². The second-order valence-electron chi connectivity index (χ2n) is 6.55. The average Bonchev–Trinajstić information content (AvgIpc) is 3.32. The summed E-state index contributed by atoms with van der Waals surface area (Å²) in [6.07, 6.45) is 3.65. The van der Waals surface area contributed by atoms with Crippen molar-refractivity contribution >= 4 is 5.91 Å². The topological polar surface area (TPSA) is 51.6 Å². The third-order valence-corrected chi connectivity index (χ3v) is 4.87. The van der Waals surface area contributed by atoms with Gasteiger partial charge in [-0.3, -0.25) is 4.79 Å². The fourth-order valence-electron chi connectivity index (χ4n) is 3.63. The summed E-state index contributed by atoms with van der Waals surface area (Å²) in [5.41, 5.74) is 2.16. The molecule has 1 amide bonds. The van der Waals surface area contributed by atoms with Gasteiger partial charge in [0.05, 0.1) is 31.6 Å². The molecule has 1 aliphatic heterocycles. The number of furan rings is 1. The Morgan fingerprint density at radius 1 is 1.23 bits per heavy atom. The standard InChI is InChI=1S/C20H20FN3O2/c21-16-7-5-15(6-8-16)20-18-4-1-9-23(18)10-11-24(20)14-19(25)22-13-17-3-2-12-26-17/h1-9,12,20H,10-11,13-14H2,(H,22,25)/p+1/t20-/m0/s1. The molecule has 0 spiro atoms. The Hall–Kier alpha value is -2.86. The van der Waals surface area contributed by atoms with E-state index in [9.17, 15) is 9.18 Å². The molecule has 1 aliphatic rings. The highest BCUT2D eigenvalue weighted by atomic mass is 19.1. The number of amides is 1. The zero-order valence-corrected chi connectivity index (χ0v) is 14.3. The van der Waals surface area contributed by atoms with Gasteiger partial charge in [-0.2, -0.15) is 0 Å². The highest BCUT2D eigenvalue weighted by Gasteiger charge is 2.33. The summed E-state index contributed by atoms with van der Waals surface area (Å²) in [6, 6.07) is 14.3. The highest BCUT2D eigenvalue weighted by molar-refractivity contribution is 5.76. The lowest BCUT2D eigenvalue weighted by atomic mass is 10.00. The number of benzene rings is 1. The number of nitrogens with zero attached hydrogens (tertiary/aromatic N) is 1. The Labute approximate surface area is 151 Å². The Morgan fingerprint density at radius 2 is 2.08 bits per heavy atom. The molecule has 6 heteroatoms. The van der Waals surface area contributed by atoms with Gasteiger partial charge in [-0.1, -0.05) is 0 Å². The van der Waals surface area contributed by atoms with Gasteiger partial charge in [-0.15, -0.1) is 0 Å². The van der Waals surface area contributed by atoms with Crippen LogP contribution in [0.2, 0.25) is 0 Å². The van der Waals surface area contributed by atoms with Crippen molar-refractivity contribution in [1.29, 1.82) is 0 Å². The minimum atomic E-state index is -0.252. The van der Waals surface area contributed by atoms with Gasteiger partial charge in [0, 0.05) is 11.8 Å². The Kier molecular flexibility index (Phi) is 4.58. The van der Waals surface area contributed by atoms with Crippen LogP contribution < -0.4 is 10.2 Å². The molecular formula is C20H21FN3O2+. The molecular weight excluding hydrogens is 333 g/mol. The lowest BCUT2D eigenvalue weighted by Crippen LogP contribution is -3.14. The first-order valence-electron chi connectivity index (χ1n) is 8.75. The first kappa shape index (κ1) is 16.6. The van der Waals surface area contributed by atoms with Gasteiger partial charge in [-0.25, -0.2) is 4.39 Å². The molecule has 0 bridgehead atoms. The van der Waals surface area contributed by atoms with Gasteiger partial charge in [0.25, 0.3) is 5.91 Å². The SMILES string of the molecule is O=C(C[NH+]1CCn2cccc2[C@@H]1c1ccc(F)cc1)NCc1ccco1. The number of nitrogens with one attached hydrogen (secondary N) is 2. The van der Waals surface area contributed by atoms with E-state index in [1.165, 1.54) is 12.1 Å². The van der Waals surface area contributed by atoms with Crippen LogP contribution in [-0.2, 0) is 17.9 Å². The maximum absolute atomic E-state index is 13.3. The average molecular weight is 354 g/mol. The second-order valence-corrected chi connectivity index (χ2v) is 6.55. The quantitative estimate of drug-likeness (QED) is 0.730. The second kappa shape index (κ2) is 7.17. The van der Waals surface area contributed by atoms with Crippen LogP contribution in [0.1, 0.15) is 23.1 Å². The number of fused-ring (bicyclic) bond motifs is 1. The summed E-state index contributed by atoms with van der Waals surface area (Å²) >= 11 is 0. The van der Waals surface area contributed by atoms with E-state index in [2.05, 4.69) is 22.1 Å². The molecule has 3 heterocycles. The molecule has 0 fully saturated rings. The van der Waals surface area contributed by atoms with E-state index < -0.39 is 0 Å². The largest absolute Gasteiger partial charge is 0.467 e. The van der Waals surface area contributed by atoms with Crippen molar-refractivity contribution in [1.82, 2.24) is 9.88 Å². The molecule has 134 valence electrons. The monoisotopic (exact) mass is 354 g/mol. The first-order chi connectivity index (χ1) is 12.7. The van der Waals surface area contributed by atoms with Crippen molar-refractivity contribution in [2.24, 2.45) is 0 Å². The summed E-state index contributed by atoms with van der Waals surface area (Å²) < 4.78 is 20.8. The van der Waals surface area contributed by atoms with Gasteiger partial charge in [-0.05, 0) is 48.5 Å². The Balaban J connectivity index is 1.52. The van der Waals surface area contributed by atoms with Crippen molar-refractivity contribution in [2.75, 3.05) is 13.1 Å². The normalized spacial score (nSPS) is 19.1. The van der Waals surface area contributed by atoms with Crippen LogP contribution in [0.4, 0.5) is 4.39 Å². The summed E-state index contributed by atoms with van der Waals surface area (Å²) in [7, 11) is 0. The summed E-state index contributed by atoms with van der Waals surface area (Å²) in [5, 5.41) is 2.91. The molecule has 0 radical (unpaired) electrons. The minimum absolute atomic E-state index is 0.00807. The lowest BCUT2D eigenvalue weighted by molar-refractivity contribution is -0.922. The number of hydrogen-bond acceptors (Lipinski definition) is 2. The maximum atomic E-state index is 13.3. The minimum Gasteiger partial charge on any atom is -0.467 e. The van der Waals surface area contributed by atoms with Gasteiger partial charge in [0.2, 0.25) is 0 Å². The predicted octanol–water partition coefficient (Wildman–Crippen LogP) is 1.52. The van der Waals surface area contributed by atoms with Crippen molar-refractivity contribution in [3.63, 3.8) is 0 Å². The lowest BCUT2D eigenvalue weighted by Gasteiger charge is -2.33. The highest BCUT2D eigenvalue weighted by Crippen LogP contribution is 2.22. The van der Waals surface area contributed by atoms with Crippen LogP contribution in [0.25, 0.3) is 0 Å². The number of carbonyl (C=O) groups excluding carboxylic acids is 1. The molecule has 2 N–H and O–H groups in total. The molecule has 1 unspecified atom stereocenters. The molecule has 2 aromatic heterocycles. The molecule has 5 nitrogen and oxygen atoms in total. The van der Waals surface area contributed by atoms with Gasteiger partial charge < -0.3 is 19.2 Å². The zero-order chi connectivity index (χ0) is 17.9. The smallest absolute Gasteiger partial charge is 0.275 e. The Bertz CT molecular complexity index is 871. The fraction of sp³-hybridized carbons (Fsp3) is 0.250. The van der Waals surface area contributed by atoms with Crippen LogP contribution in [0.15, 0.2) is 65.4 Å². The molecule has 0 saturated heterocycles. The van der Waals surface area contributed by atoms with Crippen molar-refractivity contribution in [3.05, 3.63) is 83.8 Å². The number of carbonyl (C=O) groups is 1. The predicted molar refractivity (Wildman–Crippen MR) is 93.9 cm³/mol. The summed E-state index contributed by atoms with van der Waals surface area (Å²) in [4.78, 5) is 13.6. The van der Waals surface area contributed by atoms with Crippen LogP contribution in [0.3, 0.4) is 0 Å². The molecule has 4 rings (SSSR count). The summed E-state index contributed by atoms with van der Waals surface area (Å²) in [6.45, 7) is 2.43. The number of rotatable bonds is 5. The van der Waals surface area contributed by atoms with E-state index in [-0.39, 0.29) is 17.8 Å². The summed E-state index contributed by atoms with van der Waals surface area (Å²) in [5.74, 6) is 0.456. The fourth-order valence-corrected chi connectivity index (χ4v) is 3.63. The van der Waals surface area contributed by atoms with Crippen LogP contribution >= 0.6 is 0 Å². The molecule has 1 aromatic carbocycles. The first-order valence-corrected chi connectivity index (χ1v) is 8.75. The number of quaternary nitrogens is 1. The van der Waals surface area contributed by atoms with Crippen molar-refractivity contribution in [2.45, 2.75) is 19.1 Å². The number of aromatic nitrogens is 1. The van der Waals surface area contributed by atoms with E-state index in [1.54, 1.807) is 12.3 Å². The van der Waals surface area contributed by atoms with Gasteiger partial charge in [0.1, 0.15) is 11.6 Å². The molecule has 2 atom stereocenters. The number of halogens is 1. The number of hydrogen-bond donors (Lipinski definition) is 2. The maximum Gasteiger partial charge on any atom is 0.275 e. The molecule has 3 aromatic rings. The van der Waals surface area contributed by atoms with Crippen LogP contribution in [0, 0.1) is 5.82 Å². The van der Waals surface area contributed by atoms with E-state index in [0.717, 1.165) is 35.0 Å². The molecule has 0 aliphatic carbocycles. The van der Waals surface area contributed by atoms with Gasteiger partial charge >= 0.3 is 0 Å². The Morgan fingerprint density at radius 3 is 2.85 bits per heavy atom. The third-order valence-electron chi connectivity index (χ3n) is 4.87. The molecule has 0 saturated carbocycles. The van der Waals surface area contributed by atoms with E-state index >= 15 is 0 Å². The van der Waals surface area contributed by atoms with E-state index in [4.69, 9.17) is 4.42 Å². The third kappa shape index (κ3) is 3.41. The van der Waals surface area contributed by atoms with Crippen LogP contribution in [0.5, 0.6) is 0 Å². The van der Waals surface area contributed by atoms with Gasteiger partial charge in [0.15, 0.2) is 12.6 Å². The molecule has 26 heavy (non-hydrogen) atoms. The van der Waals surface area contributed by atoms with E-state index in [0.29, 0.717) is 13.1 Å². The zero-order valence-electron chi connectivity index (χ0n) is 14.3. The van der Waals surface area contributed by atoms with Crippen molar-refractivity contribution < 1.29 is 18.5 Å².